The number of carbonyl (C=O) groups is 1. The largest absolute Gasteiger partial charge is 0.422 e. The highest BCUT2D eigenvalue weighted by Gasteiger charge is 2.13. The standard InChI is InChI=1S/C11H6BrClO2S/c12-9-5-6-16-10(9)11(14)15-8-3-1-7(13)2-4-8/h1-6H. The molecule has 1 aromatic heterocycles. The van der Waals surface area contributed by atoms with E-state index in [0.717, 1.165) is 4.47 Å². The second kappa shape index (κ2) is 4.99. The molecule has 2 aromatic rings. The van der Waals surface area contributed by atoms with Crippen LogP contribution in [0.15, 0.2) is 40.2 Å². The second-order valence-electron chi connectivity index (χ2n) is 2.94. The summed E-state index contributed by atoms with van der Waals surface area (Å²) in [7, 11) is 0. The molecule has 0 amide bonds. The van der Waals surface area contributed by atoms with E-state index in [9.17, 15) is 4.79 Å². The van der Waals surface area contributed by atoms with Crippen molar-refractivity contribution in [2.45, 2.75) is 0 Å². The summed E-state index contributed by atoms with van der Waals surface area (Å²) < 4.78 is 5.92. The van der Waals surface area contributed by atoms with Crippen LogP contribution < -0.4 is 4.74 Å². The highest BCUT2D eigenvalue weighted by atomic mass is 79.9. The molecule has 0 atom stereocenters. The van der Waals surface area contributed by atoms with E-state index >= 15 is 0 Å². The van der Waals surface area contributed by atoms with Crippen molar-refractivity contribution < 1.29 is 9.53 Å². The highest BCUT2D eigenvalue weighted by Crippen LogP contribution is 2.24. The molecule has 16 heavy (non-hydrogen) atoms. The monoisotopic (exact) mass is 316 g/mol. The van der Waals surface area contributed by atoms with Crippen LogP contribution in [0.4, 0.5) is 0 Å². The first kappa shape index (κ1) is 11.6. The molecule has 5 heteroatoms. The Bertz CT molecular complexity index is 507. The summed E-state index contributed by atoms with van der Waals surface area (Å²) >= 11 is 10.3. The number of carbonyl (C=O) groups excluding carboxylic acids is 1. The molecule has 0 aliphatic rings. The molecular weight excluding hydrogens is 312 g/mol. The molecule has 0 N–H and O–H groups in total. The first-order valence-electron chi connectivity index (χ1n) is 4.37. The average Bonchev–Trinajstić information content (AvgIpc) is 2.68. The Morgan fingerprint density at radius 1 is 1.25 bits per heavy atom. The Labute approximate surface area is 110 Å². The molecular formula is C11H6BrClO2S. The molecule has 0 radical (unpaired) electrons. The lowest BCUT2D eigenvalue weighted by Crippen LogP contribution is -2.06. The van der Waals surface area contributed by atoms with Crippen LogP contribution in [-0.4, -0.2) is 5.97 Å². The van der Waals surface area contributed by atoms with Gasteiger partial charge < -0.3 is 4.74 Å². The van der Waals surface area contributed by atoms with Crippen LogP contribution in [0.2, 0.25) is 5.02 Å². The molecule has 0 unspecified atom stereocenters. The number of hydrogen-bond donors (Lipinski definition) is 0. The van der Waals surface area contributed by atoms with Gasteiger partial charge in [0.1, 0.15) is 10.6 Å². The minimum absolute atomic E-state index is 0.371. The first-order valence-corrected chi connectivity index (χ1v) is 6.42. The number of rotatable bonds is 2. The lowest BCUT2D eigenvalue weighted by molar-refractivity contribution is 0.0739. The summed E-state index contributed by atoms with van der Waals surface area (Å²) in [6, 6.07) is 8.47. The van der Waals surface area contributed by atoms with E-state index in [4.69, 9.17) is 16.3 Å². The molecule has 2 nitrogen and oxygen atoms in total. The van der Waals surface area contributed by atoms with Crippen molar-refractivity contribution in [2.75, 3.05) is 0 Å². The van der Waals surface area contributed by atoms with Gasteiger partial charge in [0.2, 0.25) is 0 Å². The van der Waals surface area contributed by atoms with Crippen LogP contribution in [0, 0.1) is 0 Å². The van der Waals surface area contributed by atoms with Crippen molar-refractivity contribution in [3.8, 4) is 5.75 Å². The smallest absolute Gasteiger partial charge is 0.354 e. The van der Waals surface area contributed by atoms with Crippen LogP contribution >= 0.6 is 38.9 Å². The van der Waals surface area contributed by atoms with Gasteiger partial charge >= 0.3 is 5.97 Å². The molecule has 0 aliphatic carbocycles. The van der Waals surface area contributed by atoms with Gasteiger partial charge in [-0.2, -0.15) is 0 Å². The van der Waals surface area contributed by atoms with Crippen LogP contribution in [0.1, 0.15) is 9.67 Å². The predicted octanol–water partition coefficient (Wildman–Crippen LogP) is 4.38. The van der Waals surface area contributed by atoms with E-state index in [0.29, 0.717) is 15.6 Å². The van der Waals surface area contributed by atoms with E-state index in [1.807, 2.05) is 11.4 Å². The van der Waals surface area contributed by atoms with Crippen LogP contribution in [-0.2, 0) is 0 Å². The maximum Gasteiger partial charge on any atom is 0.354 e. The fourth-order valence-electron chi connectivity index (χ4n) is 1.10. The Kier molecular flexibility index (Phi) is 3.63. The number of esters is 1. The van der Waals surface area contributed by atoms with Gasteiger partial charge in [-0.25, -0.2) is 4.79 Å². The Morgan fingerprint density at radius 2 is 1.94 bits per heavy atom. The zero-order valence-corrected chi connectivity index (χ0v) is 11.1. The summed E-state index contributed by atoms with van der Waals surface area (Å²) in [5.74, 6) is 0.110. The lowest BCUT2D eigenvalue weighted by Gasteiger charge is -2.02. The highest BCUT2D eigenvalue weighted by molar-refractivity contribution is 9.10. The maximum absolute atomic E-state index is 11.7. The van der Waals surface area contributed by atoms with E-state index in [-0.39, 0.29) is 5.97 Å². The second-order valence-corrected chi connectivity index (χ2v) is 5.15. The summed E-state index contributed by atoms with van der Waals surface area (Å²) in [5, 5.41) is 2.43. The zero-order chi connectivity index (χ0) is 11.5. The number of benzene rings is 1. The van der Waals surface area contributed by atoms with Crippen LogP contribution in [0.3, 0.4) is 0 Å². The molecule has 0 spiro atoms. The zero-order valence-electron chi connectivity index (χ0n) is 7.94. The van der Waals surface area contributed by atoms with Gasteiger partial charge in [-0.05, 0) is 51.6 Å². The van der Waals surface area contributed by atoms with Crippen molar-refractivity contribution in [1.29, 1.82) is 0 Å². The van der Waals surface area contributed by atoms with Gasteiger partial charge in [-0.3, -0.25) is 0 Å². The maximum atomic E-state index is 11.7. The third-order valence-corrected chi connectivity index (χ3v) is 3.90. The van der Waals surface area contributed by atoms with Gasteiger partial charge in [0, 0.05) is 9.50 Å². The van der Waals surface area contributed by atoms with E-state index in [1.165, 1.54) is 11.3 Å². The molecule has 1 heterocycles. The predicted molar refractivity (Wildman–Crippen MR) is 68.4 cm³/mol. The molecule has 0 saturated carbocycles. The van der Waals surface area contributed by atoms with Crippen LogP contribution in [0.25, 0.3) is 0 Å². The summed E-state index contributed by atoms with van der Waals surface area (Å²) in [6.07, 6.45) is 0. The quantitative estimate of drug-likeness (QED) is 0.607. The van der Waals surface area contributed by atoms with E-state index < -0.39 is 0 Å². The molecule has 0 fully saturated rings. The number of ether oxygens (including phenoxy) is 1. The molecule has 82 valence electrons. The Balaban J connectivity index is 2.14. The number of thiophene rings is 1. The van der Waals surface area contributed by atoms with Gasteiger partial charge in [0.05, 0.1) is 0 Å². The number of halogens is 2. The molecule has 0 aliphatic heterocycles. The van der Waals surface area contributed by atoms with Crippen molar-refractivity contribution in [3.63, 3.8) is 0 Å². The normalized spacial score (nSPS) is 10.1. The first-order chi connectivity index (χ1) is 7.66. The fourth-order valence-corrected chi connectivity index (χ4v) is 2.63. The molecule has 0 bridgehead atoms. The van der Waals surface area contributed by atoms with Crippen LogP contribution in [0.5, 0.6) is 5.75 Å². The Morgan fingerprint density at radius 3 is 2.50 bits per heavy atom. The SMILES string of the molecule is O=C(Oc1ccc(Cl)cc1)c1sccc1Br. The summed E-state index contributed by atoms with van der Waals surface area (Å²) in [4.78, 5) is 12.3. The summed E-state index contributed by atoms with van der Waals surface area (Å²) in [6.45, 7) is 0. The minimum Gasteiger partial charge on any atom is -0.422 e. The average molecular weight is 318 g/mol. The van der Waals surface area contributed by atoms with E-state index in [1.54, 1.807) is 24.3 Å². The summed E-state index contributed by atoms with van der Waals surface area (Å²) in [5.41, 5.74) is 0. The van der Waals surface area contributed by atoms with Crippen molar-refractivity contribution >= 4 is 44.8 Å². The van der Waals surface area contributed by atoms with Gasteiger partial charge in [-0.1, -0.05) is 11.6 Å². The minimum atomic E-state index is -0.371. The third kappa shape index (κ3) is 2.64. The topological polar surface area (TPSA) is 26.3 Å². The molecule has 2 rings (SSSR count). The Hall–Kier alpha value is -0.840. The van der Waals surface area contributed by atoms with Gasteiger partial charge in [0.15, 0.2) is 0 Å². The third-order valence-electron chi connectivity index (χ3n) is 1.83. The van der Waals surface area contributed by atoms with Gasteiger partial charge in [-0.15, -0.1) is 11.3 Å². The number of hydrogen-bond acceptors (Lipinski definition) is 3. The molecule has 1 aromatic carbocycles. The van der Waals surface area contributed by atoms with Crippen molar-refractivity contribution in [1.82, 2.24) is 0 Å². The fraction of sp³-hybridized carbons (Fsp3) is 0. The van der Waals surface area contributed by atoms with E-state index in [2.05, 4.69) is 15.9 Å². The van der Waals surface area contributed by atoms with Crippen molar-refractivity contribution in [2.24, 2.45) is 0 Å². The van der Waals surface area contributed by atoms with Crippen molar-refractivity contribution in [3.05, 3.63) is 50.1 Å². The van der Waals surface area contributed by atoms with Gasteiger partial charge in [0.25, 0.3) is 0 Å². The lowest BCUT2D eigenvalue weighted by atomic mass is 10.3. The molecule has 0 saturated heterocycles.